The molecule has 2 aromatic heterocycles. The third-order valence-corrected chi connectivity index (χ3v) is 8.11. The van der Waals surface area contributed by atoms with Crippen molar-refractivity contribution in [3.05, 3.63) is 98.9 Å². The van der Waals surface area contributed by atoms with E-state index in [9.17, 15) is 47.4 Å². The molecule has 0 radical (unpaired) electrons. The molecule has 12 nitrogen and oxygen atoms in total. The molecule has 0 fully saturated rings. The first-order valence-corrected chi connectivity index (χ1v) is 14.8. The lowest BCUT2D eigenvalue weighted by atomic mass is 9.87. The van der Waals surface area contributed by atoms with Crippen LogP contribution in [0.2, 0.25) is 0 Å². The highest BCUT2D eigenvalue weighted by atomic mass is 32.1. The first-order chi connectivity index (χ1) is 23.4. The van der Waals surface area contributed by atoms with E-state index in [0.29, 0.717) is 6.07 Å². The van der Waals surface area contributed by atoms with Gasteiger partial charge in [0.25, 0.3) is 11.8 Å². The fraction of sp³-hybridized carbons (Fsp3) is 0.188. The number of ether oxygens (including phenoxy) is 2. The number of aliphatic carboxylic acids is 2. The molecule has 2 amide bonds. The molecule has 0 atom stereocenters. The van der Waals surface area contributed by atoms with E-state index < -0.39 is 99.1 Å². The number of pyridine rings is 1. The van der Waals surface area contributed by atoms with Gasteiger partial charge in [0.2, 0.25) is 11.2 Å². The second kappa shape index (κ2) is 14.3. The summed E-state index contributed by atoms with van der Waals surface area (Å²) in [4.78, 5) is 67.7. The number of nitrogens with zero attached hydrogens (tertiary/aromatic N) is 2. The van der Waals surface area contributed by atoms with Crippen molar-refractivity contribution in [1.82, 2.24) is 9.88 Å². The molecule has 4 aromatic rings. The molecular weight excluding hydrogens is 697 g/mol. The van der Waals surface area contributed by atoms with E-state index in [2.05, 4.69) is 19.8 Å². The zero-order chi connectivity index (χ0) is 37.1. The number of benzene rings is 2. The number of anilines is 1. The number of carboxylic acid groups (broad SMARTS) is 2. The van der Waals surface area contributed by atoms with E-state index in [-0.39, 0.29) is 10.6 Å². The third kappa shape index (κ3) is 7.24. The Kier molecular flexibility index (Phi) is 10.6. The average molecular weight is 722 g/mol. The minimum absolute atomic E-state index is 0.224. The van der Waals surface area contributed by atoms with Crippen molar-refractivity contribution in [1.29, 1.82) is 0 Å². The molecule has 3 N–H and O–H groups in total. The smallest absolute Gasteiger partial charge is 0.480 e. The van der Waals surface area contributed by atoms with Crippen molar-refractivity contribution in [2.45, 2.75) is 18.5 Å². The van der Waals surface area contributed by atoms with Gasteiger partial charge in [-0.25, -0.2) is 13.6 Å². The number of rotatable bonds is 10. The summed E-state index contributed by atoms with van der Waals surface area (Å²) in [5.74, 6) is -11.4. The topological polar surface area (TPSA) is 172 Å². The number of carbonyl (C=O) groups is 5. The summed E-state index contributed by atoms with van der Waals surface area (Å²) in [6.45, 7) is 0.0808. The molecule has 18 heteroatoms. The van der Waals surface area contributed by atoms with Gasteiger partial charge in [-0.3, -0.25) is 24.2 Å². The largest absolute Gasteiger partial charge is 0.514 e. The Bertz CT molecular complexity index is 1990. The lowest BCUT2D eigenvalue weighted by Crippen LogP contribution is -2.47. The molecular formula is C32H24F5N3O9S. The third-order valence-electron chi connectivity index (χ3n) is 7.08. The number of nitrogens with one attached hydrogen (secondary N) is 1. The van der Waals surface area contributed by atoms with Gasteiger partial charge in [-0.1, -0.05) is 24.3 Å². The summed E-state index contributed by atoms with van der Waals surface area (Å²) in [5, 5.41) is 22.8. The summed E-state index contributed by atoms with van der Waals surface area (Å²) in [5.41, 5.74) is -6.97. The van der Waals surface area contributed by atoms with Gasteiger partial charge in [0.05, 0.1) is 22.5 Å². The second-order valence-corrected chi connectivity index (χ2v) is 11.6. The molecule has 0 aliphatic heterocycles. The molecule has 0 aliphatic rings. The molecule has 50 heavy (non-hydrogen) atoms. The van der Waals surface area contributed by atoms with Crippen LogP contribution < -0.4 is 10.1 Å². The van der Waals surface area contributed by atoms with Crippen LogP contribution in [0.15, 0.2) is 60.0 Å². The number of hydrogen-bond acceptors (Lipinski definition) is 9. The van der Waals surface area contributed by atoms with Crippen molar-refractivity contribution < 1.29 is 65.6 Å². The van der Waals surface area contributed by atoms with E-state index in [1.807, 2.05) is 0 Å². The molecule has 2 aromatic carbocycles. The van der Waals surface area contributed by atoms with E-state index in [1.165, 1.54) is 30.5 Å². The molecule has 0 saturated heterocycles. The number of aromatic nitrogens is 1. The van der Waals surface area contributed by atoms with Crippen LogP contribution in [0.1, 0.15) is 36.9 Å². The number of carbonyl (C=O) groups excluding carboxylic acids is 3. The highest BCUT2D eigenvalue weighted by molar-refractivity contribution is 7.10. The molecule has 2 heterocycles. The van der Waals surface area contributed by atoms with Crippen LogP contribution in [-0.4, -0.2) is 70.7 Å². The van der Waals surface area contributed by atoms with Gasteiger partial charge in [-0.2, -0.15) is 13.2 Å². The van der Waals surface area contributed by atoms with Gasteiger partial charge in [0.15, 0.2) is 11.6 Å². The van der Waals surface area contributed by atoms with Crippen LogP contribution in [0.5, 0.6) is 5.75 Å². The SMILES string of the molecule is Cc1ccc(C(=O)Nc2cc(F)c(OC(=O)OCC(C(=O)O)(C(=O)O)c3cccs3)c(F)c2C(=O)N(C)C)c(-c2ccccc2C(F)(F)F)n1. The molecule has 0 spiro atoms. The monoisotopic (exact) mass is 721 g/mol. The summed E-state index contributed by atoms with van der Waals surface area (Å²) in [6, 6.07) is 9.55. The summed E-state index contributed by atoms with van der Waals surface area (Å²) >= 11 is 0.717. The number of thiophene rings is 1. The zero-order valence-corrected chi connectivity index (χ0v) is 26.7. The maximum absolute atomic E-state index is 15.9. The summed E-state index contributed by atoms with van der Waals surface area (Å²) < 4.78 is 82.0. The van der Waals surface area contributed by atoms with Gasteiger partial charge in [0, 0.05) is 36.3 Å². The van der Waals surface area contributed by atoms with Crippen LogP contribution in [0.25, 0.3) is 11.3 Å². The van der Waals surface area contributed by atoms with Crippen LogP contribution in [0.4, 0.5) is 32.4 Å². The Morgan fingerprint density at radius 3 is 2.20 bits per heavy atom. The normalized spacial score (nSPS) is 11.4. The first-order valence-electron chi connectivity index (χ1n) is 13.9. The number of amides is 2. The summed E-state index contributed by atoms with van der Waals surface area (Å²) in [7, 11) is 2.31. The fourth-order valence-corrected chi connectivity index (χ4v) is 5.49. The van der Waals surface area contributed by atoms with Crippen LogP contribution in [0.3, 0.4) is 0 Å². The predicted molar refractivity (Wildman–Crippen MR) is 165 cm³/mol. The van der Waals surface area contributed by atoms with E-state index >= 15 is 8.78 Å². The number of aryl methyl sites for hydroxylation is 1. The Hall–Kier alpha value is -5.91. The first kappa shape index (κ1) is 36.9. The van der Waals surface area contributed by atoms with E-state index in [4.69, 9.17) is 0 Å². The van der Waals surface area contributed by atoms with Crippen LogP contribution >= 0.6 is 11.3 Å². The Balaban J connectivity index is 1.71. The average Bonchev–Trinajstić information content (AvgIpc) is 3.57. The van der Waals surface area contributed by atoms with Crippen LogP contribution in [0, 0.1) is 18.6 Å². The number of halogens is 5. The van der Waals surface area contributed by atoms with Crippen molar-refractivity contribution in [2.75, 3.05) is 26.0 Å². The quantitative estimate of drug-likeness (QED) is 0.0764. The van der Waals surface area contributed by atoms with Crippen LogP contribution in [-0.2, 0) is 25.9 Å². The molecule has 0 saturated carbocycles. The Morgan fingerprint density at radius 2 is 1.62 bits per heavy atom. The van der Waals surface area contributed by atoms with Crippen molar-refractivity contribution in [3.63, 3.8) is 0 Å². The number of hydrogen-bond donors (Lipinski definition) is 3. The lowest BCUT2D eigenvalue weighted by molar-refractivity contribution is -0.160. The summed E-state index contributed by atoms with van der Waals surface area (Å²) in [6.07, 6.45) is -6.80. The lowest BCUT2D eigenvalue weighted by Gasteiger charge is -2.23. The molecule has 262 valence electrons. The minimum Gasteiger partial charge on any atom is -0.480 e. The van der Waals surface area contributed by atoms with Gasteiger partial charge < -0.3 is 29.9 Å². The van der Waals surface area contributed by atoms with E-state index in [0.717, 1.165) is 60.7 Å². The maximum atomic E-state index is 15.9. The molecule has 4 rings (SSSR count). The molecule has 0 bridgehead atoms. The Labute approximate surface area is 282 Å². The fourth-order valence-electron chi connectivity index (χ4n) is 4.60. The van der Waals surface area contributed by atoms with Gasteiger partial charge in [-0.15, -0.1) is 11.3 Å². The highest BCUT2D eigenvalue weighted by Crippen LogP contribution is 2.38. The van der Waals surface area contributed by atoms with Crippen molar-refractivity contribution in [3.8, 4) is 17.0 Å². The van der Waals surface area contributed by atoms with Gasteiger partial charge >= 0.3 is 24.3 Å². The van der Waals surface area contributed by atoms with Crippen molar-refractivity contribution in [2.24, 2.45) is 0 Å². The van der Waals surface area contributed by atoms with Gasteiger partial charge in [-0.05, 0) is 36.6 Å². The highest BCUT2D eigenvalue weighted by Gasteiger charge is 2.51. The molecule has 0 aliphatic carbocycles. The van der Waals surface area contributed by atoms with Crippen molar-refractivity contribution >= 4 is 46.9 Å². The zero-order valence-electron chi connectivity index (χ0n) is 25.9. The van der Waals surface area contributed by atoms with E-state index in [1.54, 1.807) is 0 Å². The predicted octanol–water partition coefficient (Wildman–Crippen LogP) is 5.99. The molecule has 0 unspecified atom stereocenters. The second-order valence-electron chi connectivity index (χ2n) is 10.6. The minimum atomic E-state index is -4.85. The number of alkyl halides is 3. The standard InChI is InChI=1S/C32H24F5N3O9S/c1-15-10-11-17(24(38-15)16-7-4-5-8-18(16)32(35,36)37)26(41)39-20-13-19(33)25(23(34)22(20)27(42)40(2)3)49-30(47)48-14-31(28(43)44,29(45)46)21-9-6-12-50-21/h4-13H,14H2,1-3H3,(H,39,41)(H,43,44)(H,45,46). The Morgan fingerprint density at radius 1 is 0.960 bits per heavy atom. The maximum Gasteiger partial charge on any atom is 0.514 e. The number of carboxylic acids is 2. The van der Waals surface area contributed by atoms with Gasteiger partial charge in [0.1, 0.15) is 12.2 Å².